The number of hydrogen-bond donors (Lipinski definition) is 3. The number of nitrogens with two attached hydrogens (primary N) is 3. The Hall–Kier alpha value is -0.900. The second kappa shape index (κ2) is 4.37. The molecule has 0 saturated carbocycles. The van der Waals surface area contributed by atoms with Crippen molar-refractivity contribution in [2.24, 2.45) is 17.2 Å². The molecule has 0 atom stereocenters. The van der Waals surface area contributed by atoms with Gasteiger partial charge in [-0.05, 0) is 5.56 Å². The van der Waals surface area contributed by atoms with Crippen LogP contribution >= 0.6 is 0 Å². The highest BCUT2D eigenvalue weighted by atomic mass is 14.7. The monoisotopic (exact) mass is 179 g/mol. The second-order valence-electron chi connectivity index (χ2n) is 3.26. The summed E-state index contributed by atoms with van der Waals surface area (Å²) in [6.45, 7) is 1.47. The third kappa shape index (κ3) is 1.88. The Morgan fingerprint density at radius 3 is 1.69 bits per heavy atom. The molecule has 0 fully saturated rings. The maximum Gasteiger partial charge on any atom is 0.0320 e. The summed E-state index contributed by atoms with van der Waals surface area (Å²) in [6.07, 6.45) is 0. The molecule has 0 saturated heterocycles. The maximum absolute atomic E-state index is 5.70. The molecule has 0 aliphatic carbocycles. The van der Waals surface area contributed by atoms with E-state index in [1.165, 1.54) is 0 Å². The average Bonchev–Trinajstić information content (AvgIpc) is 2.23. The van der Waals surface area contributed by atoms with Crippen molar-refractivity contribution in [1.82, 2.24) is 0 Å². The van der Waals surface area contributed by atoms with Gasteiger partial charge in [-0.1, -0.05) is 30.3 Å². The van der Waals surface area contributed by atoms with Gasteiger partial charge in [-0.25, -0.2) is 0 Å². The Morgan fingerprint density at radius 1 is 0.846 bits per heavy atom. The van der Waals surface area contributed by atoms with Gasteiger partial charge in [0.25, 0.3) is 0 Å². The minimum Gasteiger partial charge on any atom is -0.329 e. The molecule has 13 heavy (non-hydrogen) atoms. The maximum atomic E-state index is 5.70. The van der Waals surface area contributed by atoms with E-state index >= 15 is 0 Å². The van der Waals surface area contributed by atoms with Gasteiger partial charge in [0.15, 0.2) is 0 Å². The summed E-state index contributed by atoms with van der Waals surface area (Å²) in [5.41, 5.74) is 18.0. The fourth-order valence-electron chi connectivity index (χ4n) is 1.40. The summed E-state index contributed by atoms with van der Waals surface area (Å²) >= 11 is 0. The van der Waals surface area contributed by atoms with Gasteiger partial charge in [0.05, 0.1) is 0 Å². The highest BCUT2D eigenvalue weighted by molar-refractivity contribution is 5.27. The molecule has 0 aliphatic heterocycles. The molecule has 0 spiro atoms. The van der Waals surface area contributed by atoms with Gasteiger partial charge in [0.1, 0.15) is 0 Å². The van der Waals surface area contributed by atoms with Crippen LogP contribution in [0, 0.1) is 0 Å². The van der Waals surface area contributed by atoms with Crippen LogP contribution in [0.2, 0.25) is 0 Å². The molecule has 0 radical (unpaired) electrons. The van der Waals surface area contributed by atoms with Crippen LogP contribution in [0.25, 0.3) is 0 Å². The van der Waals surface area contributed by atoms with Crippen molar-refractivity contribution in [2.75, 3.05) is 19.6 Å². The Bertz CT molecular complexity index is 233. The normalized spacial score (nSPS) is 11.6. The lowest BCUT2D eigenvalue weighted by atomic mass is 9.81. The van der Waals surface area contributed by atoms with Crippen LogP contribution in [0.5, 0.6) is 0 Å². The zero-order valence-corrected chi connectivity index (χ0v) is 7.74. The van der Waals surface area contributed by atoms with Crippen molar-refractivity contribution < 1.29 is 0 Å². The molecule has 3 nitrogen and oxygen atoms in total. The number of rotatable bonds is 4. The molecule has 1 aromatic rings. The molecule has 0 heterocycles. The van der Waals surface area contributed by atoms with E-state index < -0.39 is 0 Å². The van der Waals surface area contributed by atoms with Crippen molar-refractivity contribution in [3.8, 4) is 0 Å². The number of hydrogen-bond acceptors (Lipinski definition) is 3. The van der Waals surface area contributed by atoms with E-state index in [-0.39, 0.29) is 5.41 Å². The van der Waals surface area contributed by atoms with Crippen LogP contribution in [0.3, 0.4) is 0 Å². The minimum absolute atomic E-state index is 0.249. The molecule has 0 aromatic heterocycles. The van der Waals surface area contributed by atoms with Gasteiger partial charge >= 0.3 is 0 Å². The summed E-state index contributed by atoms with van der Waals surface area (Å²) < 4.78 is 0. The first-order valence-electron chi connectivity index (χ1n) is 4.45. The summed E-state index contributed by atoms with van der Waals surface area (Å²) in [5, 5.41) is 0. The van der Waals surface area contributed by atoms with Crippen molar-refractivity contribution in [3.05, 3.63) is 35.9 Å². The third-order valence-electron chi connectivity index (χ3n) is 2.56. The van der Waals surface area contributed by atoms with Gasteiger partial charge in [-0.15, -0.1) is 0 Å². The predicted octanol–water partition coefficient (Wildman–Crippen LogP) is -0.199. The largest absolute Gasteiger partial charge is 0.329 e. The quantitative estimate of drug-likeness (QED) is 0.599. The van der Waals surface area contributed by atoms with Gasteiger partial charge in [0.2, 0.25) is 0 Å². The van der Waals surface area contributed by atoms with Gasteiger partial charge < -0.3 is 17.2 Å². The molecule has 3 heteroatoms. The van der Waals surface area contributed by atoms with Gasteiger partial charge in [-0.2, -0.15) is 0 Å². The Labute approximate surface area is 78.9 Å². The van der Waals surface area contributed by atoms with Crippen LogP contribution in [0.1, 0.15) is 5.56 Å². The molecular formula is C10H17N3. The van der Waals surface area contributed by atoms with Crippen molar-refractivity contribution >= 4 is 0 Å². The van der Waals surface area contributed by atoms with Crippen LogP contribution in [0.15, 0.2) is 30.3 Å². The van der Waals surface area contributed by atoms with E-state index in [4.69, 9.17) is 17.2 Å². The Kier molecular flexibility index (Phi) is 3.42. The Morgan fingerprint density at radius 2 is 1.31 bits per heavy atom. The molecule has 0 amide bonds. The molecule has 1 aromatic carbocycles. The van der Waals surface area contributed by atoms with Crippen LogP contribution < -0.4 is 17.2 Å². The summed E-state index contributed by atoms with van der Waals surface area (Å²) in [5.74, 6) is 0. The first-order valence-corrected chi connectivity index (χ1v) is 4.45. The zero-order chi connectivity index (χ0) is 9.73. The summed E-state index contributed by atoms with van der Waals surface area (Å²) in [6, 6.07) is 9.97. The highest BCUT2D eigenvalue weighted by Gasteiger charge is 2.26. The van der Waals surface area contributed by atoms with Crippen LogP contribution in [-0.4, -0.2) is 19.6 Å². The van der Waals surface area contributed by atoms with Crippen LogP contribution in [0.4, 0.5) is 0 Å². The molecule has 72 valence electrons. The summed E-state index contributed by atoms with van der Waals surface area (Å²) in [4.78, 5) is 0. The van der Waals surface area contributed by atoms with E-state index in [0.717, 1.165) is 5.56 Å². The molecular weight excluding hydrogens is 162 g/mol. The van der Waals surface area contributed by atoms with E-state index in [0.29, 0.717) is 19.6 Å². The van der Waals surface area contributed by atoms with Crippen LogP contribution in [-0.2, 0) is 5.41 Å². The first-order chi connectivity index (χ1) is 6.29. The molecule has 6 N–H and O–H groups in total. The predicted molar refractivity (Wildman–Crippen MR) is 55.3 cm³/mol. The van der Waals surface area contributed by atoms with Gasteiger partial charge in [-0.3, -0.25) is 0 Å². The smallest absolute Gasteiger partial charge is 0.0320 e. The average molecular weight is 179 g/mol. The van der Waals surface area contributed by atoms with Crippen molar-refractivity contribution in [1.29, 1.82) is 0 Å². The molecule has 1 rings (SSSR count). The van der Waals surface area contributed by atoms with Crippen molar-refractivity contribution in [2.45, 2.75) is 5.41 Å². The highest BCUT2D eigenvalue weighted by Crippen LogP contribution is 2.19. The minimum atomic E-state index is -0.249. The lowest BCUT2D eigenvalue weighted by Gasteiger charge is -2.29. The van der Waals surface area contributed by atoms with Crippen molar-refractivity contribution in [3.63, 3.8) is 0 Å². The summed E-state index contributed by atoms with van der Waals surface area (Å²) in [7, 11) is 0. The Balaban J connectivity index is 3.01. The molecule has 0 unspecified atom stereocenters. The SMILES string of the molecule is NCC(CN)(CN)c1ccccc1. The standard InChI is InChI=1S/C10H17N3/c11-6-10(7-12,8-13)9-4-2-1-3-5-9/h1-5H,6-8,11-13H2. The third-order valence-corrected chi connectivity index (χ3v) is 2.56. The number of benzene rings is 1. The van der Waals surface area contributed by atoms with E-state index in [2.05, 4.69) is 0 Å². The fraction of sp³-hybridized carbons (Fsp3) is 0.400. The van der Waals surface area contributed by atoms with E-state index in [9.17, 15) is 0 Å². The molecule has 0 bridgehead atoms. The van der Waals surface area contributed by atoms with E-state index in [1.54, 1.807) is 0 Å². The first kappa shape index (κ1) is 10.2. The lowest BCUT2D eigenvalue weighted by Crippen LogP contribution is -2.48. The van der Waals surface area contributed by atoms with Gasteiger partial charge in [0, 0.05) is 25.0 Å². The second-order valence-corrected chi connectivity index (χ2v) is 3.26. The topological polar surface area (TPSA) is 78.1 Å². The lowest BCUT2D eigenvalue weighted by molar-refractivity contribution is 0.460. The molecule has 0 aliphatic rings. The fourth-order valence-corrected chi connectivity index (χ4v) is 1.40. The van der Waals surface area contributed by atoms with E-state index in [1.807, 2.05) is 30.3 Å². The zero-order valence-electron chi connectivity index (χ0n) is 7.74.